The molecular formula is C16H23N7OS. The molecule has 3 heterocycles. The maximum Gasteiger partial charge on any atom is 0.247 e. The number of aromatic nitrogens is 4. The van der Waals surface area contributed by atoms with Crippen LogP contribution in [-0.4, -0.2) is 32.1 Å². The van der Waals surface area contributed by atoms with Gasteiger partial charge in [0.15, 0.2) is 11.6 Å². The largest absolute Gasteiger partial charge is 0.356 e. The summed E-state index contributed by atoms with van der Waals surface area (Å²) in [6.45, 7) is 8.04. The van der Waals surface area contributed by atoms with Gasteiger partial charge in [0.25, 0.3) is 0 Å². The second kappa shape index (κ2) is 7.30. The second-order valence-corrected chi connectivity index (χ2v) is 7.28. The highest BCUT2D eigenvalue weighted by molar-refractivity contribution is 7.15. The Balaban J connectivity index is 1.89. The molecule has 1 aliphatic heterocycles. The van der Waals surface area contributed by atoms with Gasteiger partial charge >= 0.3 is 0 Å². The zero-order chi connectivity index (χ0) is 18.0. The van der Waals surface area contributed by atoms with Crippen molar-refractivity contribution in [2.45, 2.75) is 53.0 Å². The summed E-state index contributed by atoms with van der Waals surface area (Å²) in [5.41, 5.74) is 0.558. The molecule has 25 heavy (non-hydrogen) atoms. The molecule has 0 bridgehead atoms. The third kappa shape index (κ3) is 3.71. The lowest BCUT2D eigenvalue weighted by atomic mass is 9.97. The van der Waals surface area contributed by atoms with Gasteiger partial charge in [-0.2, -0.15) is 0 Å². The lowest BCUT2D eigenvalue weighted by molar-refractivity contribution is -0.118. The van der Waals surface area contributed by atoms with E-state index in [9.17, 15) is 4.79 Å². The number of rotatable bonds is 6. The number of nitrogens with one attached hydrogen (secondary N) is 3. The number of anilines is 4. The van der Waals surface area contributed by atoms with Crippen LogP contribution < -0.4 is 16.0 Å². The van der Waals surface area contributed by atoms with Crippen LogP contribution in [0.15, 0.2) is 0 Å². The van der Waals surface area contributed by atoms with E-state index in [1.807, 2.05) is 13.8 Å². The fourth-order valence-corrected chi connectivity index (χ4v) is 3.50. The van der Waals surface area contributed by atoms with Gasteiger partial charge in [0.05, 0.1) is 0 Å². The number of carbonyl (C=O) groups excluding carboxylic acids is 1. The second-order valence-electron chi connectivity index (χ2n) is 6.22. The average Bonchev–Trinajstić information content (AvgIpc) is 3.01. The molecule has 2 aromatic heterocycles. The van der Waals surface area contributed by atoms with Gasteiger partial charge < -0.3 is 16.0 Å². The van der Waals surface area contributed by atoms with Gasteiger partial charge in [0.2, 0.25) is 11.0 Å². The van der Waals surface area contributed by atoms with E-state index in [-0.39, 0.29) is 17.9 Å². The molecule has 1 amide bonds. The summed E-state index contributed by atoms with van der Waals surface area (Å²) in [6, 6.07) is -0.294. The summed E-state index contributed by atoms with van der Waals surface area (Å²) in [7, 11) is 0. The fourth-order valence-electron chi connectivity index (χ4n) is 2.66. The molecule has 3 rings (SSSR count). The average molecular weight is 361 g/mol. The highest BCUT2D eigenvalue weighted by Gasteiger charge is 2.32. The van der Waals surface area contributed by atoms with E-state index in [2.05, 4.69) is 50.0 Å². The third-order valence-corrected chi connectivity index (χ3v) is 5.11. The highest BCUT2D eigenvalue weighted by atomic mass is 32.1. The summed E-state index contributed by atoms with van der Waals surface area (Å²) in [5.74, 6) is 1.93. The predicted octanol–water partition coefficient (Wildman–Crippen LogP) is 3.11. The van der Waals surface area contributed by atoms with Crippen molar-refractivity contribution in [3.8, 4) is 0 Å². The lowest BCUT2D eigenvalue weighted by Crippen LogP contribution is -2.43. The van der Waals surface area contributed by atoms with E-state index < -0.39 is 0 Å². The fraction of sp³-hybridized carbons (Fsp3) is 0.562. The van der Waals surface area contributed by atoms with Gasteiger partial charge in [0, 0.05) is 6.42 Å². The Labute approximate surface area is 150 Å². The normalized spacial score (nSPS) is 17.4. The van der Waals surface area contributed by atoms with Crippen LogP contribution in [0.25, 0.3) is 0 Å². The van der Waals surface area contributed by atoms with Crippen LogP contribution in [-0.2, 0) is 11.2 Å². The number of amides is 1. The SMILES string of the molecule is CCCc1nnc(Nc2nc(C)nc3c2NC(=O)C(C(C)CC)N3)s1. The first-order chi connectivity index (χ1) is 12.0. The van der Waals surface area contributed by atoms with Crippen molar-refractivity contribution in [2.75, 3.05) is 16.0 Å². The standard InChI is InChI=1S/C16H23N7OS/c1-5-7-10-22-23-16(25-10)21-14-12-13(17-9(4)18-14)19-11(8(3)6-2)15(24)20-12/h8,11H,5-7H2,1-4H3,(H,20,24)(H2,17,18,19,21,23). The molecule has 8 nitrogen and oxygen atoms in total. The van der Waals surface area contributed by atoms with E-state index >= 15 is 0 Å². The van der Waals surface area contributed by atoms with Crippen molar-refractivity contribution in [1.29, 1.82) is 0 Å². The minimum atomic E-state index is -0.294. The van der Waals surface area contributed by atoms with Crippen LogP contribution in [0.3, 0.4) is 0 Å². The predicted molar refractivity (Wildman–Crippen MR) is 99.5 cm³/mol. The number of hydrogen-bond acceptors (Lipinski definition) is 8. The number of nitrogens with zero attached hydrogens (tertiary/aromatic N) is 4. The van der Waals surface area contributed by atoms with E-state index in [1.165, 1.54) is 11.3 Å². The number of aryl methyl sites for hydroxylation is 2. The Morgan fingerprint density at radius 1 is 1.28 bits per heavy atom. The first-order valence-corrected chi connectivity index (χ1v) is 9.38. The smallest absolute Gasteiger partial charge is 0.247 e. The van der Waals surface area contributed by atoms with Crippen LogP contribution >= 0.6 is 11.3 Å². The maximum atomic E-state index is 12.5. The molecule has 0 spiro atoms. The van der Waals surface area contributed by atoms with Crippen molar-refractivity contribution in [3.63, 3.8) is 0 Å². The van der Waals surface area contributed by atoms with E-state index in [0.29, 0.717) is 28.3 Å². The Kier molecular flexibility index (Phi) is 5.12. The molecule has 0 saturated heterocycles. The zero-order valence-corrected chi connectivity index (χ0v) is 15.7. The lowest BCUT2D eigenvalue weighted by Gasteiger charge is -2.30. The molecule has 134 valence electrons. The van der Waals surface area contributed by atoms with Gasteiger partial charge in [-0.05, 0) is 19.3 Å². The molecule has 0 aliphatic carbocycles. The molecular weight excluding hydrogens is 338 g/mol. The number of fused-ring (bicyclic) bond motifs is 1. The van der Waals surface area contributed by atoms with Crippen molar-refractivity contribution >= 4 is 39.7 Å². The van der Waals surface area contributed by atoms with Gasteiger partial charge in [-0.3, -0.25) is 4.79 Å². The molecule has 1 aliphatic rings. The molecule has 0 fully saturated rings. The Morgan fingerprint density at radius 3 is 2.80 bits per heavy atom. The quantitative estimate of drug-likeness (QED) is 0.726. The van der Waals surface area contributed by atoms with Crippen molar-refractivity contribution in [3.05, 3.63) is 10.8 Å². The number of hydrogen-bond donors (Lipinski definition) is 3. The van der Waals surface area contributed by atoms with Crippen LogP contribution in [0.5, 0.6) is 0 Å². The van der Waals surface area contributed by atoms with Gasteiger partial charge in [0.1, 0.15) is 22.6 Å². The summed E-state index contributed by atoms with van der Waals surface area (Å²) in [4.78, 5) is 21.3. The summed E-state index contributed by atoms with van der Waals surface area (Å²) in [6.07, 6.45) is 2.82. The molecule has 3 N–H and O–H groups in total. The molecule has 2 unspecified atom stereocenters. The molecule has 0 radical (unpaired) electrons. The minimum absolute atomic E-state index is 0.0683. The first kappa shape index (κ1) is 17.5. The monoisotopic (exact) mass is 361 g/mol. The molecule has 0 saturated carbocycles. The topological polar surface area (TPSA) is 105 Å². The summed E-state index contributed by atoms with van der Waals surface area (Å²) in [5, 5.41) is 19.3. The van der Waals surface area contributed by atoms with E-state index in [0.717, 1.165) is 24.3 Å². The Bertz CT molecular complexity index is 776. The van der Waals surface area contributed by atoms with Crippen molar-refractivity contribution < 1.29 is 4.79 Å². The van der Waals surface area contributed by atoms with Crippen molar-refractivity contribution in [1.82, 2.24) is 20.2 Å². The first-order valence-electron chi connectivity index (χ1n) is 8.57. The van der Waals surface area contributed by atoms with Crippen LogP contribution in [0.2, 0.25) is 0 Å². The highest BCUT2D eigenvalue weighted by Crippen LogP contribution is 2.35. The van der Waals surface area contributed by atoms with Crippen LogP contribution in [0.1, 0.15) is 44.4 Å². The minimum Gasteiger partial charge on any atom is -0.356 e. The molecule has 2 atom stereocenters. The maximum absolute atomic E-state index is 12.5. The van der Waals surface area contributed by atoms with Crippen LogP contribution in [0.4, 0.5) is 22.5 Å². The van der Waals surface area contributed by atoms with Crippen molar-refractivity contribution in [2.24, 2.45) is 5.92 Å². The zero-order valence-electron chi connectivity index (χ0n) is 14.9. The third-order valence-electron chi connectivity index (χ3n) is 4.21. The van der Waals surface area contributed by atoms with Gasteiger partial charge in [-0.25, -0.2) is 9.97 Å². The molecule has 9 heteroatoms. The van der Waals surface area contributed by atoms with Crippen LogP contribution in [0, 0.1) is 12.8 Å². The van der Waals surface area contributed by atoms with Gasteiger partial charge in [-0.1, -0.05) is 38.5 Å². The van der Waals surface area contributed by atoms with Gasteiger partial charge in [-0.15, -0.1) is 10.2 Å². The number of carbonyl (C=O) groups is 1. The Morgan fingerprint density at radius 2 is 2.08 bits per heavy atom. The van der Waals surface area contributed by atoms with E-state index in [4.69, 9.17) is 0 Å². The Hall–Kier alpha value is -2.29. The molecule has 0 aromatic carbocycles. The van der Waals surface area contributed by atoms with E-state index in [1.54, 1.807) is 0 Å². The summed E-state index contributed by atoms with van der Waals surface area (Å²) >= 11 is 1.49. The summed E-state index contributed by atoms with van der Waals surface area (Å²) < 4.78 is 0. The molecule has 2 aromatic rings.